The second kappa shape index (κ2) is 12.7. The Morgan fingerprint density at radius 3 is 1.33 bits per heavy atom. The van der Waals surface area contributed by atoms with Crippen molar-refractivity contribution < 1.29 is 113 Å². The number of nitrogens with zero attached hydrogens (tertiary/aromatic N) is 4. The third-order valence-corrected chi connectivity index (χ3v) is 0.531. The van der Waals surface area contributed by atoms with Gasteiger partial charge in [-0.1, -0.05) is 13.1 Å². The minimum atomic E-state index is -0.907. The van der Waals surface area contributed by atoms with Crippen molar-refractivity contribution in [1.82, 2.24) is 0 Å². The molecular weight excluding hydrogens is 222 g/mol. The Morgan fingerprint density at radius 1 is 0.917 bits per heavy atom. The molecule has 0 atom stereocenters. The summed E-state index contributed by atoms with van der Waals surface area (Å²) in [5.41, 5.74) is 5.44. The van der Waals surface area contributed by atoms with Crippen molar-refractivity contribution in [2.75, 3.05) is 13.1 Å². The average molecular weight is 226 g/mol. The van der Waals surface area contributed by atoms with Gasteiger partial charge in [0.15, 0.2) is 0 Å². The van der Waals surface area contributed by atoms with Crippen LogP contribution in [0.5, 0.6) is 0 Å². The van der Waals surface area contributed by atoms with Crippen molar-refractivity contribution in [1.29, 1.82) is 0 Å². The van der Waals surface area contributed by atoms with Crippen molar-refractivity contribution >= 4 is 0 Å². The molecule has 0 aromatic heterocycles. The Morgan fingerprint density at radius 2 is 1.17 bits per heavy atom. The van der Waals surface area contributed by atoms with Crippen molar-refractivity contribution in [3.63, 3.8) is 0 Å². The smallest absolute Gasteiger partial charge is 0.380 e. The molecule has 0 unspecified atom stereocenters. The summed E-state index contributed by atoms with van der Waals surface area (Å²) in [6, 6.07) is 0. The van der Waals surface area contributed by atoms with Crippen LogP contribution in [0, 0.1) is 20.2 Å². The molecule has 0 aromatic carbocycles. The van der Waals surface area contributed by atoms with Crippen LogP contribution in [-0.2, 0) is 0 Å². The van der Waals surface area contributed by atoms with Crippen molar-refractivity contribution in [2.45, 2.75) is 0 Å². The summed E-state index contributed by atoms with van der Waals surface area (Å²) < 4.78 is 0. The molecule has 0 radical (unpaired) electrons. The third kappa shape index (κ3) is 17.7. The van der Waals surface area contributed by atoms with E-state index in [1.165, 1.54) is 0 Å². The third-order valence-electron chi connectivity index (χ3n) is 0.531. The summed E-state index contributed by atoms with van der Waals surface area (Å²) in [4.78, 5) is 18.9. The molecular formula is C2H4K2N4O4. The van der Waals surface area contributed by atoms with Gasteiger partial charge in [0.2, 0.25) is 0 Å². The maximum absolute atomic E-state index is 9.47. The maximum atomic E-state index is 9.47. The number of nitro groups is 2. The SMILES string of the molecule is O=[N+]([O-])[N-]CC[N-][N+](=O)[O-].[K+].[K+]. The average Bonchev–Trinajstić information content (AvgIpc) is 1.79. The Labute approximate surface area is 153 Å². The molecule has 0 aliphatic heterocycles. The zero-order valence-corrected chi connectivity index (χ0v) is 13.1. The second-order valence-corrected chi connectivity index (χ2v) is 1.21. The summed E-state index contributed by atoms with van der Waals surface area (Å²) in [6.45, 7) is -0.512. The van der Waals surface area contributed by atoms with E-state index in [0.717, 1.165) is 0 Å². The van der Waals surface area contributed by atoms with Crippen LogP contribution in [0.2, 0.25) is 0 Å². The van der Waals surface area contributed by atoms with Crippen molar-refractivity contribution in [2.24, 2.45) is 0 Å². The molecule has 0 aliphatic rings. The van der Waals surface area contributed by atoms with Crippen LogP contribution in [0.3, 0.4) is 0 Å². The van der Waals surface area contributed by atoms with E-state index in [1.807, 2.05) is 0 Å². The first-order valence-electron chi connectivity index (χ1n) is 2.26. The first kappa shape index (κ1) is 19.3. The first-order valence-corrected chi connectivity index (χ1v) is 2.26. The van der Waals surface area contributed by atoms with Gasteiger partial charge in [-0.15, -0.1) is 0 Å². The summed E-state index contributed by atoms with van der Waals surface area (Å²) in [5.74, 6) is 0. The first-order chi connectivity index (χ1) is 4.63. The monoisotopic (exact) mass is 226 g/mol. The van der Waals surface area contributed by atoms with Crippen LogP contribution < -0.4 is 103 Å². The Kier molecular flexibility index (Phi) is 20.4. The zero-order valence-electron chi connectivity index (χ0n) is 6.84. The van der Waals surface area contributed by atoms with E-state index in [2.05, 4.69) is 10.9 Å². The molecule has 0 bridgehead atoms. The van der Waals surface area contributed by atoms with E-state index in [-0.39, 0.29) is 116 Å². The molecule has 0 rings (SSSR count). The molecule has 0 amide bonds. The summed E-state index contributed by atoms with van der Waals surface area (Å²) in [7, 11) is 0. The van der Waals surface area contributed by atoms with Crippen LogP contribution in [0.1, 0.15) is 0 Å². The van der Waals surface area contributed by atoms with Crippen LogP contribution in [0.15, 0.2) is 0 Å². The fourth-order valence-electron chi connectivity index (χ4n) is 0.253. The maximum Gasteiger partial charge on any atom is 1.00 e. The van der Waals surface area contributed by atoms with E-state index in [1.54, 1.807) is 0 Å². The topological polar surface area (TPSA) is 114 Å². The van der Waals surface area contributed by atoms with E-state index in [0.29, 0.717) is 0 Å². The number of rotatable bonds is 5. The van der Waals surface area contributed by atoms with Crippen molar-refractivity contribution in [3.8, 4) is 0 Å². The molecule has 0 saturated carbocycles. The Balaban J connectivity index is -0.000000405. The van der Waals surface area contributed by atoms with E-state index >= 15 is 0 Å². The summed E-state index contributed by atoms with van der Waals surface area (Å²) in [5, 5.41) is 17.1. The van der Waals surface area contributed by atoms with Crippen molar-refractivity contribution in [3.05, 3.63) is 31.1 Å². The summed E-state index contributed by atoms with van der Waals surface area (Å²) in [6.07, 6.45) is 0. The normalized spacial score (nSPS) is 7.00. The quantitative estimate of drug-likeness (QED) is 0.201. The molecule has 12 heavy (non-hydrogen) atoms. The Hall–Kier alpha value is 1.67. The van der Waals surface area contributed by atoms with Crippen LogP contribution in [0.4, 0.5) is 0 Å². The van der Waals surface area contributed by atoms with Gasteiger partial charge in [-0.2, -0.15) is 0 Å². The Bertz CT molecular complexity index is 127. The molecule has 0 fully saturated rings. The fraction of sp³-hybridized carbons (Fsp3) is 1.00. The molecule has 0 N–H and O–H groups in total. The van der Waals surface area contributed by atoms with Crippen LogP contribution in [-0.4, -0.2) is 23.2 Å². The molecule has 0 saturated heterocycles. The zero-order chi connectivity index (χ0) is 7.98. The molecule has 10 heteroatoms. The van der Waals surface area contributed by atoms with Gasteiger partial charge in [0, 0.05) is 0 Å². The minimum absolute atomic E-state index is 0. The number of hydrogen-bond donors (Lipinski definition) is 0. The largest absolute Gasteiger partial charge is 1.00 e. The molecule has 0 aromatic rings. The predicted octanol–water partition coefficient (Wildman–Crippen LogP) is -5.87. The van der Waals surface area contributed by atoms with E-state index in [9.17, 15) is 20.2 Å². The van der Waals surface area contributed by atoms with Gasteiger partial charge in [0.05, 0.1) is 0 Å². The van der Waals surface area contributed by atoms with Gasteiger partial charge in [-0.05, 0) is 10.1 Å². The van der Waals surface area contributed by atoms with Gasteiger partial charge in [-0.3, -0.25) is 20.2 Å². The predicted molar refractivity (Wildman–Crippen MR) is 30.4 cm³/mol. The van der Waals surface area contributed by atoms with Gasteiger partial charge < -0.3 is 10.9 Å². The molecule has 0 aliphatic carbocycles. The molecule has 8 nitrogen and oxygen atoms in total. The van der Waals surface area contributed by atoms with Gasteiger partial charge in [-0.25, -0.2) is 0 Å². The fourth-order valence-corrected chi connectivity index (χ4v) is 0.253. The molecule has 0 heterocycles. The van der Waals surface area contributed by atoms with Crippen LogP contribution >= 0.6 is 0 Å². The summed E-state index contributed by atoms with van der Waals surface area (Å²) >= 11 is 0. The second-order valence-electron chi connectivity index (χ2n) is 1.21. The van der Waals surface area contributed by atoms with Gasteiger partial charge in [0.25, 0.3) is 0 Å². The van der Waals surface area contributed by atoms with Gasteiger partial charge >= 0.3 is 103 Å². The molecule has 0 spiro atoms. The minimum Gasteiger partial charge on any atom is -0.380 e. The number of hydrogen-bond acceptors (Lipinski definition) is 4. The van der Waals surface area contributed by atoms with E-state index in [4.69, 9.17) is 0 Å². The standard InChI is InChI=1S/C2H4N4O4.2K/c7-5(8)3-1-2-4-6(9)10;;/h1-2H2;;/q-2;2*+1. The van der Waals surface area contributed by atoms with E-state index < -0.39 is 10.1 Å². The molecule has 58 valence electrons. The van der Waals surface area contributed by atoms with Crippen LogP contribution in [0.25, 0.3) is 10.9 Å². The van der Waals surface area contributed by atoms with Gasteiger partial charge in [0.1, 0.15) is 0 Å².